The Kier molecular flexibility index (Phi) is 7.32. The highest BCUT2D eigenvalue weighted by Gasteiger charge is 2.24. The van der Waals surface area contributed by atoms with E-state index in [9.17, 15) is 9.59 Å². The third-order valence-corrected chi connectivity index (χ3v) is 6.68. The first-order valence-corrected chi connectivity index (χ1v) is 12.5. The van der Waals surface area contributed by atoms with Crippen LogP contribution >= 0.6 is 0 Å². The molecule has 0 radical (unpaired) electrons. The molecule has 0 unspecified atom stereocenters. The highest BCUT2D eigenvalue weighted by atomic mass is 16.2. The number of carbonyl (C=O) groups excluding carboxylic acids is 2. The van der Waals surface area contributed by atoms with Gasteiger partial charge in [-0.2, -0.15) is 0 Å². The summed E-state index contributed by atoms with van der Waals surface area (Å²) in [6, 6.07) is 15.3. The number of imidazole rings is 1. The van der Waals surface area contributed by atoms with E-state index >= 15 is 0 Å². The molecule has 5 rings (SSSR count). The lowest BCUT2D eigenvalue weighted by molar-refractivity contribution is -0.137. The number of carbonyl (C=O) groups is 2. The summed E-state index contributed by atoms with van der Waals surface area (Å²) in [7, 11) is 0. The average Bonchev–Trinajstić information content (AvgIpc) is 3.67. The number of H-pyrrole nitrogens is 3. The van der Waals surface area contributed by atoms with E-state index in [2.05, 4.69) is 37.4 Å². The summed E-state index contributed by atoms with van der Waals surface area (Å²) in [5, 5.41) is 5.23. The summed E-state index contributed by atoms with van der Waals surface area (Å²) in [5.41, 5.74) is 11.4. The van der Waals surface area contributed by atoms with Crippen LogP contribution in [0.1, 0.15) is 16.8 Å². The van der Waals surface area contributed by atoms with Gasteiger partial charge in [-0.15, -0.1) is 0 Å². The zero-order chi connectivity index (χ0) is 25.6. The number of amides is 2. The van der Waals surface area contributed by atoms with E-state index in [4.69, 9.17) is 5.73 Å². The van der Waals surface area contributed by atoms with Gasteiger partial charge in [-0.25, -0.2) is 4.98 Å². The Morgan fingerprint density at radius 3 is 2.22 bits per heavy atom. The lowest BCUT2D eigenvalue weighted by Crippen LogP contribution is -2.49. The number of benzene rings is 2. The maximum atomic E-state index is 13.3. The minimum Gasteiger partial charge on any atom is -0.361 e. The quantitative estimate of drug-likeness (QED) is 0.192. The standard InChI is InChI=1S/C28H31N7O2/c29-24(13-21-16-30-18-34-21)28(37)35(12-10-20-15-33-26-8-4-2-6-23(20)26)17-27(36)31-11-9-19-14-32-25-7-3-1-5-22(19)25/h1-8,14-16,18,24,32-33H,9-13,17,29H2,(H,30,34)(H,31,36)/t24-/m0/s1. The van der Waals surface area contributed by atoms with Gasteiger partial charge in [0.2, 0.25) is 11.8 Å². The van der Waals surface area contributed by atoms with Gasteiger partial charge in [0, 0.05) is 65.6 Å². The third kappa shape index (κ3) is 5.73. The van der Waals surface area contributed by atoms with Gasteiger partial charge in [0.15, 0.2) is 0 Å². The van der Waals surface area contributed by atoms with Crippen LogP contribution in [0.15, 0.2) is 73.4 Å². The smallest absolute Gasteiger partial charge is 0.240 e. The van der Waals surface area contributed by atoms with Crippen molar-refractivity contribution in [1.82, 2.24) is 30.2 Å². The monoisotopic (exact) mass is 497 g/mol. The molecule has 6 N–H and O–H groups in total. The van der Waals surface area contributed by atoms with Crippen LogP contribution in [0.4, 0.5) is 0 Å². The molecule has 0 spiro atoms. The molecule has 0 saturated carbocycles. The molecule has 1 atom stereocenters. The van der Waals surface area contributed by atoms with E-state index in [1.54, 1.807) is 17.4 Å². The Hall–Kier alpha value is -4.37. The number of nitrogens with one attached hydrogen (secondary N) is 4. The average molecular weight is 498 g/mol. The van der Waals surface area contributed by atoms with E-state index in [1.165, 1.54) is 0 Å². The van der Waals surface area contributed by atoms with Crippen molar-refractivity contribution in [3.05, 3.63) is 90.3 Å². The van der Waals surface area contributed by atoms with Crippen molar-refractivity contribution in [2.24, 2.45) is 5.73 Å². The van der Waals surface area contributed by atoms with Crippen LogP contribution in [0.3, 0.4) is 0 Å². The normalized spacial score (nSPS) is 12.1. The Morgan fingerprint density at radius 2 is 1.57 bits per heavy atom. The van der Waals surface area contributed by atoms with E-state index in [0.29, 0.717) is 32.4 Å². The maximum Gasteiger partial charge on any atom is 0.240 e. The van der Waals surface area contributed by atoms with Crippen LogP contribution in [0.25, 0.3) is 21.8 Å². The molecule has 2 aromatic carbocycles. The van der Waals surface area contributed by atoms with Crippen LogP contribution < -0.4 is 11.1 Å². The minimum atomic E-state index is -0.776. The van der Waals surface area contributed by atoms with Gasteiger partial charge in [-0.3, -0.25) is 9.59 Å². The number of aromatic amines is 3. The molecule has 0 aliphatic carbocycles. The number of nitrogens with zero attached hydrogens (tertiary/aromatic N) is 2. The molecule has 0 aliphatic rings. The van der Waals surface area contributed by atoms with Crippen molar-refractivity contribution in [3.8, 4) is 0 Å². The third-order valence-electron chi connectivity index (χ3n) is 6.68. The summed E-state index contributed by atoms with van der Waals surface area (Å²) in [5.74, 6) is -0.470. The molecule has 2 amide bonds. The first-order chi connectivity index (χ1) is 18.1. The highest BCUT2D eigenvalue weighted by molar-refractivity contribution is 5.88. The second-order valence-electron chi connectivity index (χ2n) is 9.22. The number of hydrogen-bond acceptors (Lipinski definition) is 4. The summed E-state index contributed by atoms with van der Waals surface area (Å²) in [6.07, 6.45) is 8.77. The molecule has 5 aromatic rings. The second kappa shape index (κ2) is 11.1. The van der Waals surface area contributed by atoms with Crippen molar-refractivity contribution < 1.29 is 9.59 Å². The fourth-order valence-electron chi connectivity index (χ4n) is 4.72. The fraction of sp³-hybridized carbons (Fsp3) is 0.250. The van der Waals surface area contributed by atoms with Gasteiger partial charge in [-0.1, -0.05) is 36.4 Å². The van der Waals surface area contributed by atoms with Gasteiger partial charge >= 0.3 is 0 Å². The van der Waals surface area contributed by atoms with E-state index in [1.807, 2.05) is 48.8 Å². The van der Waals surface area contributed by atoms with Crippen LogP contribution in [0.2, 0.25) is 0 Å². The molecule has 0 bridgehead atoms. The van der Waals surface area contributed by atoms with Gasteiger partial charge in [0.1, 0.15) is 0 Å². The predicted octanol–water partition coefficient (Wildman–Crippen LogP) is 2.67. The van der Waals surface area contributed by atoms with Gasteiger partial charge in [0.25, 0.3) is 0 Å². The van der Waals surface area contributed by atoms with Gasteiger partial charge in [0.05, 0.1) is 18.9 Å². The zero-order valence-corrected chi connectivity index (χ0v) is 20.5. The zero-order valence-electron chi connectivity index (χ0n) is 20.5. The highest BCUT2D eigenvalue weighted by Crippen LogP contribution is 2.19. The largest absolute Gasteiger partial charge is 0.361 e. The van der Waals surface area contributed by atoms with E-state index in [0.717, 1.165) is 38.6 Å². The number of aromatic nitrogens is 4. The second-order valence-corrected chi connectivity index (χ2v) is 9.22. The first-order valence-electron chi connectivity index (χ1n) is 12.5. The SMILES string of the molecule is N[C@@H](Cc1cnc[nH]1)C(=O)N(CCc1c[nH]c2ccccc12)CC(=O)NCCc1c[nH]c2ccccc12. The van der Waals surface area contributed by atoms with Crippen molar-refractivity contribution in [2.45, 2.75) is 25.3 Å². The molecule has 9 nitrogen and oxygen atoms in total. The van der Waals surface area contributed by atoms with Crippen LogP contribution in [-0.2, 0) is 28.9 Å². The molecule has 0 aliphatic heterocycles. The van der Waals surface area contributed by atoms with E-state index < -0.39 is 6.04 Å². The van der Waals surface area contributed by atoms with Crippen molar-refractivity contribution in [3.63, 3.8) is 0 Å². The minimum absolute atomic E-state index is 0.0499. The number of fused-ring (bicyclic) bond motifs is 2. The first kappa shape index (κ1) is 24.3. The van der Waals surface area contributed by atoms with Crippen LogP contribution in [-0.4, -0.2) is 62.3 Å². The maximum absolute atomic E-state index is 13.3. The number of hydrogen-bond donors (Lipinski definition) is 5. The van der Waals surface area contributed by atoms with E-state index in [-0.39, 0.29) is 18.4 Å². The Balaban J connectivity index is 1.22. The van der Waals surface area contributed by atoms with Crippen molar-refractivity contribution >= 4 is 33.6 Å². The lowest BCUT2D eigenvalue weighted by Gasteiger charge is -2.25. The summed E-state index contributed by atoms with van der Waals surface area (Å²) < 4.78 is 0. The number of nitrogens with two attached hydrogens (primary N) is 1. The van der Waals surface area contributed by atoms with Crippen LogP contribution in [0, 0.1) is 0 Å². The fourth-order valence-corrected chi connectivity index (χ4v) is 4.72. The summed E-state index contributed by atoms with van der Waals surface area (Å²) >= 11 is 0. The number of para-hydroxylation sites is 2. The summed E-state index contributed by atoms with van der Waals surface area (Å²) in [6.45, 7) is 0.810. The molecular weight excluding hydrogens is 466 g/mol. The molecule has 9 heteroatoms. The Morgan fingerprint density at radius 1 is 0.919 bits per heavy atom. The number of rotatable bonds is 11. The molecule has 37 heavy (non-hydrogen) atoms. The Bertz CT molecular complexity index is 1480. The molecule has 0 fully saturated rings. The van der Waals surface area contributed by atoms with Crippen LogP contribution in [0.5, 0.6) is 0 Å². The molecule has 0 saturated heterocycles. The topological polar surface area (TPSA) is 136 Å². The van der Waals surface area contributed by atoms with Gasteiger partial charge in [-0.05, 0) is 36.1 Å². The molecule has 3 heterocycles. The molecule has 3 aromatic heterocycles. The summed E-state index contributed by atoms with van der Waals surface area (Å²) in [4.78, 5) is 41.3. The Labute approximate surface area is 214 Å². The lowest BCUT2D eigenvalue weighted by atomic mass is 10.1. The van der Waals surface area contributed by atoms with Crippen molar-refractivity contribution in [1.29, 1.82) is 0 Å². The van der Waals surface area contributed by atoms with Gasteiger partial charge < -0.3 is 30.9 Å². The van der Waals surface area contributed by atoms with Crippen molar-refractivity contribution in [2.75, 3.05) is 19.6 Å². The molecule has 190 valence electrons. The predicted molar refractivity (Wildman–Crippen MR) is 144 cm³/mol. The molecular formula is C28H31N7O2.